The number of amides is 7. The quantitative estimate of drug-likeness (QED) is 0.0872. The van der Waals surface area contributed by atoms with Gasteiger partial charge in [-0.2, -0.15) is 5.26 Å². The Bertz CT molecular complexity index is 2670. The van der Waals surface area contributed by atoms with Gasteiger partial charge in [-0.15, -0.1) is 0 Å². The maximum Gasteiger partial charge on any atom is 0.268 e. The standard InChI is InChI=1S/C57H75F2N11O9/c1-68(41-15-20-48-46(29-41)45(21-23-62-48)55(76)65-34-51(73)70-35-57(58,59)31-42(70)32-60)26-24-63-53(74)36-7-13-40(14-8-36)67-54(75)37-9-11-39(12-10-37)66-49(71)6-4-27-78-43-16-18-44(19-17-43)79-28-25-64-56(77)47-30-50(72)69(2)52(47)38-5-3-22-61-33-38/h3,5,15,20-23,29,33,36-37,39-40,42-44,47,52H,4,6-14,16-19,24-28,30-31,34-35H2,1-2H3,(H,63,74)(H,64,77)(H,65,76)(H,66,71)(H,67,75)/t36?,37?,39?,40?,42-,43?,44?,47-,52+/m0/s1. The van der Waals surface area contributed by atoms with E-state index in [9.17, 15) is 47.6 Å². The van der Waals surface area contributed by atoms with Crippen LogP contribution in [0.2, 0.25) is 0 Å². The number of nitrogens with one attached hydrogen (secondary N) is 5. The smallest absolute Gasteiger partial charge is 0.268 e. The van der Waals surface area contributed by atoms with E-state index in [0.717, 1.165) is 54.7 Å². The minimum absolute atomic E-state index is 0.00147. The van der Waals surface area contributed by atoms with Gasteiger partial charge in [-0.25, -0.2) is 8.78 Å². The van der Waals surface area contributed by atoms with Gasteiger partial charge in [0.2, 0.25) is 35.4 Å². The molecule has 2 aromatic heterocycles. The lowest BCUT2D eigenvalue weighted by Crippen LogP contribution is -2.45. The molecule has 5 N–H and O–H groups in total. The van der Waals surface area contributed by atoms with Crippen molar-refractivity contribution in [3.8, 4) is 6.07 Å². The fourth-order valence-electron chi connectivity index (χ4n) is 11.8. The van der Waals surface area contributed by atoms with Gasteiger partial charge in [-0.1, -0.05) is 6.07 Å². The number of aromatic nitrogens is 2. The molecule has 5 fully saturated rings. The van der Waals surface area contributed by atoms with Crippen LogP contribution in [-0.2, 0) is 38.2 Å². The Kier molecular flexibility index (Phi) is 20.2. The molecular formula is C57H75F2N11O9. The molecule has 0 radical (unpaired) electrons. The summed E-state index contributed by atoms with van der Waals surface area (Å²) in [6, 6.07) is 10.8. The number of anilines is 1. The Hall–Kier alpha value is -6.86. The fourth-order valence-corrected chi connectivity index (χ4v) is 11.8. The summed E-state index contributed by atoms with van der Waals surface area (Å²) in [6.07, 6.45) is 14.6. The minimum Gasteiger partial charge on any atom is -0.378 e. The zero-order chi connectivity index (χ0) is 56.1. The van der Waals surface area contributed by atoms with Crippen molar-refractivity contribution in [3.05, 3.63) is 66.1 Å². The highest BCUT2D eigenvalue weighted by atomic mass is 19.3. The first-order chi connectivity index (χ1) is 38.0. The van der Waals surface area contributed by atoms with Crippen molar-refractivity contribution in [2.75, 3.05) is 64.9 Å². The lowest BCUT2D eigenvalue weighted by Gasteiger charge is -2.32. The third-order valence-corrected chi connectivity index (χ3v) is 16.4. The molecule has 20 nitrogen and oxygen atoms in total. The maximum atomic E-state index is 13.9. The van der Waals surface area contributed by atoms with Crippen LogP contribution < -0.4 is 31.5 Å². The molecular weight excluding hydrogens is 1020 g/mol. The van der Waals surface area contributed by atoms with Crippen molar-refractivity contribution in [1.82, 2.24) is 46.4 Å². The Morgan fingerprint density at radius 1 is 0.810 bits per heavy atom. The molecule has 0 spiro atoms. The Morgan fingerprint density at radius 3 is 2.16 bits per heavy atom. The van der Waals surface area contributed by atoms with E-state index in [1.165, 1.54) is 12.3 Å². The predicted molar refractivity (Wildman–Crippen MR) is 287 cm³/mol. The Balaban J connectivity index is 0.640. The fraction of sp³-hybridized carbons (Fsp3) is 0.614. The summed E-state index contributed by atoms with van der Waals surface area (Å²) >= 11 is 0. The number of hydrogen-bond donors (Lipinski definition) is 5. The predicted octanol–water partition coefficient (Wildman–Crippen LogP) is 4.48. The Morgan fingerprint density at radius 2 is 1.48 bits per heavy atom. The molecule has 3 aliphatic carbocycles. The van der Waals surface area contributed by atoms with Crippen LogP contribution in [0.4, 0.5) is 14.5 Å². The second-order valence-corrected chi connectivity index (χ2v) is 21.9. The van der Waals surface area contributed by atoms with Crippen LogP contribution in [0.5, 0.6) is 0 Å². The van der Waals surface area contributed by atoms with Crippen LogP contribution in [0.25, 0.3) is 10.9 Å². The van der Waals surface area contributed by atoms with Crippen LogP contribution >= 0.6 is 0 Å². The first kappa shape index (κ1) is 58.3. The molecule has 2 aliphatic heterocycles. The second-order valence-electron chi connectivity index (χ2n) is 21.9. The monoisotopic (exact) mass is 1100 g/mol. The number of fused-ring (bicyclic) bond motifs is 1. The van der Waals surface area contributed by atoms with Gasteiger partial charge in [-0.05, 0) is 119 Å². The number of nitriles is 1. The van der Waals surface area contributed by atoms with E-state index in [1.54, 1.807) is 48.6 Å². The normalized spacial score (nSPS) is 25.7. The highest BCUT2D eigenvalue weighted by molar-refractivity contribution is 6.07. The summed E-state index contributed by atoms with van der Waals surface area (Å²) in [7, 11) is 3.58. The van der Waals surface area contributed by atoms with Crippen molar-refractivity contribution >= 4 is 57.9 Å². The molecule has 8 rings (SSSR count). The van der Waals surface area contributed by atoms with Gasteiger partial charge in [-0.3, -0.25) is 43.5 Å². The van der Waals surface area contributed by atoms with Gasteiger partial charge in [0.25, 0.3) is 11.8 Å². The zero-order valence-electron chi connectivity index (χ0n) is 45.3. The number of rotatable bonds is 22. The van der Waals surface area contributed by atoms with Crippen LogP contribution in [0.15, 0.2) is 55.0 Å². The van der Waals surface area contributed by atoms with Gasteiger partial charge < -0.3 is 50.8 Å². The number of pyridine rings is 2. The van der Waals surface area contributed by atoms with E-state index in [-0.39, 0.29) is 83.7 Å². The van der Waals surface area contributed by atoms with Gasteiger partial charge in [0.1, 0.15) is 6.04 Å². The number of benzene rings is 1. The molecule has 3 atom stereocenters. The number of halogens is 2. The lowest BCUT2D eigenvalue weighted by atomic mass is 9.83. The number of carbonyl (C=O) groups excluding carboxylic acids is 7. The number of ether oxygens (including phenoxy) is 2. The minimum atomic E-state index is -3.16. The molecule has 3 aromatic rings. The number of alkyl halides is 2. The maximum absolute atomic E-state index is 13.9. The number of likely N-dealkylation sites (N-methyl/N-ethyl adjacent to an activating group) is 1. The third-order valence-electron chi connectivity index (χ3n) is 16.4. The first-order valence-corrected chi connectivity index (χ1v) is 28.0. The average Bonchev–Trinajstić information content (AvgIpc) is 4.12. The number of hydrogen-bond acceptors (Lipinski definition) is 13. The van der Waals surface area contributed by atoms with E-state index in [1.807, 2.05) is 24.1 Å². The summed E-state index contributed by atoms with van der Waals surface area (Å²) in [5.41, 5.74) is 2.37. The third kappa shape index (κ3) is 15.7. The molecule has 3 saturated carbocycles. The molecule has 0 unspecified atom stereocenters. The van der Waals surface area contributed by atoms with E-state index in [0.29, 0.717) is 95.1 Å². The molecule has 4 heterocycles. The lowest BCUT2D eigenvalue weighted by molar-refractivity contribution is -0.131. The molecule has 2 saturated heterocycles. The van der Waals surface area contributed by atoms with Gasteiger partial charge >= 0.3 is 0 Å². The topological polar surface area (TPSA) is 257 Å². The summed E-state index contributed by atoms with van der Waals surface area (Å²) in [5, 5.41) is 24.7. The molecule has 7 amide bonds. The molecule has 0 bridgehead atoms. The Labute approximate surface area is 459 Å². The summed E-state index contributed by atoms with van der Waals surface area (Å²) in [5.74, 6) is -5.50. The first-order valence-electron chi connectivity index (χ1n) is 28.0. The number of nitrogens with zero attached hydrogens (tertiary/aromatic N) is 6. The SMILES string of the molecule is CN(CCNC(=O)C1CCC(NC(=O)C2CCC(NC(=O)CCCOC3CCC(OCCNC(=O)[C@H]4CC(=O)N(C)[C@@H]4c4cccnc4)CC3)CC2)CC1)c1ccc2nccc(C(=O)NCC(=O)N3CC(F)(F)C[C@H]3C#N)c2c1. The molecule has 1 aromatic carbocycles. The molecule has 79 heavy (non-hydrogen) atoms. The molecule has 22 heteroatoms. The zero-order valence-corrected chi connectivity index (χ0v) is 45.3. The van der Waals surface area contributed by atoms with Crippen molar-refractivity contribution in [3.63, 3.8) is 0 Å². The average molecular weight is 1100 g/mol. The van der Waals surface area contributed by atoms with Crippen molar-refractivity contribution < 1.29 is 51.8 Å². The molecule has 426 valence electrons. The molecule has 5 aliphatic rings. The van der Waals surface area contributed by atoms with Crippen LogP contribution in [-0.4, -0.2) is 157 Å². The highest BCUT2D eigenvalue weighted by Crippen LogP contribution is 2.37. The number of carbonyl (C=O) groups is 7. The van der Waals surface area contributed by atoms with Crippen molar-refractivity contribution in [2.45, 2.75) is 145 Å². The summed E-state index contributed by atoms with van der Waals surface area (Å²) in [6.45, 7) is 0.683. The van der Waals surface area contributed by atoms with Gasteiger partial charge in [0.05, 0.1) is 61.0 Å². The van der Waals surface area contributed by atoms with Crippen LogP contribution in [0, 0.1) is 29.1 Å². The summed E-state index contributed by atoms with van der Waals surface area (Å²) in [4.78, 5) is 104. The van der Waals surface area contributed by atoms with Gasteiger partial charge in [0, 0.05) is 113 Å². The highest BCUT2D eigenvalue weighted by Gasteiger charge is 2.47. The van der Waals surface area contributed by atoms with E-state index < -0.39 is 49.2 Å². The van der Waals surface area contributed by atoms with Crippen LogP contribution in [0.1, 0.15) is 125 Å². The second kappa shape index (κ2) is 27.3. The van der Waals surface area contributed by atoms with E-state index in [4.69, 9.17) is 9.47 Å². The van der Waals surface area contributed by atoms with Crippen molar-refractivity contribution in [1.29, 1.82) is 5.26 Å². The van der Waals surface area contributed by atoms with Crippen molar-refractivity contribution in [2.24, 2.45) is 17.8 Å². The summed E-state index contributed by atoms with van der Waals surface area (Å²) < 4.78 is 40.0. The largest absolute Gasteiger partial charge is 0.378 e. The number of likely N-dealkylation sites (tertiary alicyclic amines) is 2. The van der Waals surface area contributed by atoms with Crippen LogP contribution in [0.3, 0.4) is 0 Å². The van der Waals surface area contributed by atoms with E-state index in [2.05, 4.69) is 36.6 Å². The van der Waals surface area contributed by atoms with Gasteiger partial charge in [0.15, 0.2) is 0 Å². The van der Waals surface area contributed by atoms with E-state index >= 15 is 0 Å².